The normalized spacial score (nSPS) is 27.3. The maximum atomic E-state index is 13.1. The molecule has 0 N–H and O–H groups in total. The van der Waals surface area contributed by atoms with E-state index in [4.69, 9.17) is 11.6 Å². The van der Waals surface area contributed by atoms with Crippen LogP contribution in [0.5, 0.6) is 0 Å². The van der Waals surface area contributed by atoms with Crippen molar-refractivity contribution < 1.29 is 4.39 Å². The Bertz CT molecular complexity index is 324. The lowest BCUT2D eigenvalue weighted by Crippen LogP contribution is -2.11. The Balaban J connectivity index is 2.20. The van der Waals surface area contributed by atoms with Gasteiger partial charge in [-0.25, -0.2) is 4.39 Å². The minimum absolute atomic E-state index is 0.152. The third kappa shape index (κ3) is 2.72. The summed E-state index contributed by atoms with van der Waals surface area (Å²) in [4.78, 5) is 0. The number of hydrogen-bond donors (Lipinski definition) is 0. The molecular weight excluding hydrogens is 211 g/mol. The number of benzene rings is 1. The average Bonchev–Trinajstić information content (AvgIpc) is 2.43. The highest BCUT2D eigenvalue weighted by atomic mass is 35.5. The molecule has 1 fully saturated rings. The zero-order valence-corrected chi connectivity index (χ0v) is 9.51. The molecule has 1 aliphatic carbocycles. The van der Waals surface area contributed by atoms with Crippen LogP contribution in [0.1, 0.15) is 43.6 Å². The molecule has 15 heavy (non-hydrogen) atoms. The van der Waals surface area contributed by atoms with Crippen molar-refractivity contribution in [2.45, 2.75) is 43.4 Å². The van der Waals surface area contributed by atoms with E-state index in [1.807, 2.05) is 6.07 Å². The second-order valence-corrected chi connectivity index (χ2v) is 4.88. The van der Waals surface area contributed by atoms with Crippen molar-refractivity contribution in [3.63, 3.8) is 0 Å². The molecule has 2 unspecified atom stereocenters. The smallest absolute Gasteiger partial charge is 0.123 e. The van der Waals surface area contributed by atoms with Gasteiger partial charge in [0.25, 0.3) is 0 Å². The molecule has 0 amide bonds. The van der Waals surface area contributed by atoms with E-state index in [1.165, 1.54) is 25.3 Å². The van der Waals surface area contributed by atoms with Crippen molar-refractivity contribution in [3.05, 3.63) is 35.6 Å². The lowest BCUT2D eigenvalue weighted by Gasteiger charge is -2.19. The van der Waals surface area contributed by atoms with E-state index in [0.717, 1.165) is 18.4 Å². The van der Waals surface area contributed by atoms with Gasteiger partial charge in [0.2, 0.25) is 0 Å². The van der Waals surface area contributed by atoms with E-state index >= 15 is 0 Å². The first kappa shape index (κ1) is 10.9. The Kier molecular flexibility index (Phi) is 3.63. The quantitative estimate of drug-likeness (QED) is 0.489. The fraction of sp³-hybridized carbons (Fsp3) is 0.538. The van der Waals surface area contributed by atoms with Crippen LogP contribution < -0.4 is 0 Å². The van der Waals surface area contributed by atoms with Crippen molar-refractivity contribution in [2.24, 2.45) is 0 Å². The zero-order chi connectivity index (χ0) is 10.7. The summed E-state index contributed by atoms with van der Waals surface area (Å²) in [6.07, 6.45) is 5.83. The molecule has 82 valence electrons. The largest absolute Gasteiger partial charge is 0.207 e. The summed E-state index contributed by atoms with van der Waals surface area (Å²) in [6, 6.07) is 6.89. The number of halogens is 2. The minimum Gasteiger partial charge on any atom is -0.207 e. The molecule has 0 nitrogen and oxygen atoms in total. The third-order valence-corrected chi connectivity index (χ3v) is 3.73. The van der Waals surface area contributed by atoms with E-state index in [1.54, 1.807) is 12.1 Å². The summed E-state index contributed by atoms with van der Waals surface area (Å²) in [5.41, 5.74) is 1.07. The van der Waals surface area contributed by atoms with Crippen LogP contribution in [0.3, 0.4) is 0 Å². The third-order valence-electron chi connectivity index (χ3n) is 3.21. The van der Waals surface area contributed by atoms with Gasteiger partial charge >= 0.3 is 0 Å². The van der Waals surface area contributed by atoms with Crippen molar-refractivity contribution in [3.8, 4) is 0 Å². The SMILES string of the molecule is Fc1cccc(C2CCCCCC2Cl)c1. The predicted molar refractivity (Wildman–Crippen MR) is 61.9 cm³/mol. The van der Waals surface area contributed by atoms with E-state index in [2.05, 4.69) is 0 Å². The van der Waals surface area contributed by atoms with E-state index in [9.17, 15) is 4.39 Å². The van der Waals surface area contributed by atoms with E-state index < -0.39 is 0 Å². The summed E-state index contributed by atoms with van der Waals surface area (Å²) in [7, 11) is 0. The Labute approximate surface area is 95.4 Å². The van der Waals surface area contributed by atoms with Crippen LogP contribution in [0.15, 0.2) is 24.3 Å². The Hall–Kier alpha value is -0.560. The van der Waals surface area contributed by atoms with Crippen LogP contribution in [-0.2, 0) is 0 Å². The number of alkyl halides is 1. The molecule has 0 aliphatic heterocycles. The fourth-order valence-electron chi connectivity index (χ4n) is 2.38. The highest BCUT2D eigenvalue weighted by Gasteiger charge is 2.23. The van der Waals surface area contributed by atoms with Gasteiger partial charge in [0.15, 0.2) is 0 Å². The molecule has 1 aromatic rings. The summed E-state index contributed by atoms with van der Waals surface area (Å²) in [6.45, 7) is 0. The zero-order valence-electron chi connectivity index (χ0n) is 8.76. The van der Waals surface area contributed by atoms with Gasteiger partial charge in [0.05, 0.1) is 0 Å². The molecule has 2 rings (SSSR count). The number of rotatable bonds is 1. The topological polar surface area (TPSA) is 0 Å². The molecule has 0 radical (unpaired) electrons. The lowest BCUT2D eigenvalue weighted by molar-refractivity contribution is 0.584. The Morgan fingerprint density at radius 1 is 1.13 bits per heavy atom. The first-order valence-corrected chi connectivity index (χ1v) is 6.10. The highest BCUT2D eigenvalue weighted by molar-refractivity contribution is 6.21. The summed E-state index contributed by atoms with van der Waals surface area (Å²) >= 11 is 6.35. The summed E-state index contributed by atoms with van der Waals surface area (Å²) < 4.78 is 13.1. The molecule has 0 spiro atoms. The van der Waals surface area contributed by atoms with Crippen LogP contribution in [0.4, 0.5) is 4.39 Å². The summed E-state index contributed by atoms with van der Waals surface area (Å²) in [5, 5.41) is 0.175. The number of hydrogen-bond acceptors (Lipinski definition) is 0. The maximum absolute atomic E-state index is 13.1. The minimum atomic E-state index is -0.152. The standard InChI is InChI=1S/C13H16ClF/c14-13-8-3-1-2-7-12(13)10-5-4-6-11(15)9-10/h4-6,9,12-13H,1-3,7-8H2. The summed E-state index contributed by atoms with van der Waals surface area (Å²) in [5.74, 6) is 0.186. The Morgan fingerprint density at radius 3 is 2.73 bits per heavy atom. The van der Waals surface area contributed by atoms with Gasteiger partial charge in [-0.1, -0.05) is 31.4 Å². The van der Waals surface area contributed by atoms with Crippen LogP contribution in [0.2, 0.25) is 0 Å². The molecule has 2 atom stereocenters. The van der Waals surface area contributed by atoms with Gasteiger partial charge in [-0.15, -0.1) is 11.6 Å². The maximum Gasteiger partial charge on any atom is 0.123 e. The van der Waals surface area contributed by atoms with Gasteiger partial charge in [-0.3, -0.25) is 0 Å². The highest BCUT2D eigenvalue weighted by Crippen LogP contribution is 2.35. The van der Waals surface area contributed by atoms with Crippen molar-refractivity contribution in [2.75, 3.05) is 0 Å². The van der Waals surface area contributed by atoms with Crippen LogP contribution in [0.25, 0.3) is 0 Å². The van der Waals surface area contributed by atoms with Gasteiger partial charge in [0.1, 0.15) is 5.82 Å². The van der Waals surface area contributed by atoms with Gasteiger partial charge < -0.3 is 0 Å². The fourth-order valence-corrected chi connectivity index (χ4v) is 2.80. The predicted octanol–water partition coefficient (Wildman–Crippen LogP) is 4.48. The first-order valence-electron chi connectivity index (χ1n) is 5.67. The van der Waals surface area contributed by atoms with Crippen LogP contribution in [-0.4, -0.2) is 5.38 Å². The molecule has 0 saturated heterocycles. The first-order chi connectivity index (χ1) is 7.27. The van der Waals surface area contributed by atoms with Crippen LogP contribution in [0, 0.1) is 5.82 Å². The van der Waals surface area contributed by atoms with Gasteiger partial charge in [-0.2, -0.15) is 0 Å². The average molecular weight is 227 g/mol. The molecule has 1 aliphatic rings. The van der Waals surface area contributed by atoms with Gasteiger partial charge in [-0.05, 0) is 30.5 Å². The van der Waals surface area contributed by atoms with Crippen LogP contribution >= 0.6 is 11.6 Å². The van der Waals surface area contributed by atoms with Crippen molar-refractivity contribution >= 4 is 11.6 Å². The van der Waals surface area contributed by atoms with Gasteiger partial charge in [0, 0.05) is 11.3 Å². The molecule has 0 heterocycles. The molecule has 0 bridgehead atoms. The molecule has 1 aromatic carbocycles. The van der Waals surface area contributed by atoms with E-state index in [0.29, 0.717) is 5.92 Å². The molecule has 1 saturated carbocycles. The monoisotopic (exact) mass is 226 g/mol. The second kappa shape index (κ2) is 4.98. The molecular formula is C13H16ClF. The lowest BCUT2D eigenvalue weighted by atomic mass is 9.91. The second-order valence-electron chi connectivity index (χ2n) is 4.32. The van der Waals surface area contributed by atoms with Crippen molar-refractivity contribution in [1.29, 1.82) is 0 Å². The molecule has 0 aromatic heterocycles. The van der Waals surface area contributed by atoms with Crippen molar-refractivity contribution in [1.82, 2.24) is 0 Å². The van der Waals surface area contributed by atoms with E-state index in [-0.39, 0.29) is 11.2 Å². The Morgan fingerprint density at radius 2 is 1.93 bits per heavy atom. The molecule has 2 heteroatoms.